The molecule has 0 aliphatic carbocycles. The maximum Gasteiger partial charge on any atom is 0.223 e. The van der Waals surface area contributed by atoms with Crippen molar-refractivity contribution in [2.24, 2.45) is 0 Å². The van der Waals surface area contributed by atoms with E-state index in [-0.39, 0.29) is 5.95 Å². The normalized spacial score (nSPS) is 14.4. The van der Waals surface area contributed by atoms with Crippen molar-refractivity contribution in [3.8, 4) is 0 Å². The molecule has 0 bridgehead atoms. The fraction of sp³-hybridized carbons (Fsp3) is 0.538. The van der Waals surface area contributed by atoms with Crippen molar-refractivity contribution in [3.05, 3.63) is 10.9 Å². The van der Waals surface area contributed by atoms with Crippen LogP contribution in [-0.2, 0) is 4.74 Å². The molecule has 0 amide bonds. The number of methoxy groups -OCH3 is 1. The molecule has 7 heteroatoms. The number of nitrogen functional groups attached to an aromatic ring is 1. The third kappa shape index (κ3) is 3.56. The van der Waals surface area contributed by atoms with Gasteiger partial charge in [0.2, 0.25) is 5.95 Å². The largest absolute Gasteiger partial charge is 0.388 e. The summed E-state index contributed by atoms with van der Waals surface area (Å²) in [5.41, 5.74) is 4.85. The second kappa shape index (κ2) is 5.90. The smallest absolute Gasteiger partial charge is 0.223 e. The van der Waals surface area contributed by atoms with Gasteiger partial charge in [-0.1, -0.05) is 0 Å². The number of rotatable bonds is 6. The molecule has 0 aliphatic heterocycles. The second-order valence-corrected chi connectivity index (χ2v) is 6.33. The van der Waals surface area contributed by atoms with E-state index in [1.807, 2.05) is 13.0 Å². The van der Waals surface area contributed by atoms with E-state index in [2.05, 4.69) is 15.3 Å². The highest BCUT2D eigenvalue weighted by molar-refractivity contribution is 7.18. The van der Waals surface area contributed by atoms with Gasteiger partial charge in [-0.2, -0.15) is 4.98 Å². The number of nitrogens with two attached hydrogens (primary N) is 1. The average molecular weight is 296 g/mol. The Balaban J connectivity index is 2.17. The van der Waals surface area contributed by atoms with E-state index in [1.165, 1.54) is 0 Å². The topological polar surface area (TPSA) is 93.3 Å². The Hall–Kier alpha value is -1.44. The molecule has 0 radical (unpaired) electrons. The quantitative estimate of drug-likeness (QED) is 0.752. The molecule has 1 atom stereocenters. The van der Waals surface area contributed by atoms with Crippen LogP contribution in [0.5, 0.6) is 0 Å². The molecule has 6 nitrogen and oxygen atoms in total. The number of aromatic nitrogens is 2. The van der Waals surface area contributed by atoms with E-state index in [1.54, 1.807) is 25.4 Å². The van der Waals surface area contributed by atoms with Crippen LogP contribution in [-0.4, -0.2) is 40.9 Å². The first-order chi connectivity index (χ1) is 9.41. The van der Waals surface area contributed by atoms with Crippen molar-refractivity contribution in [2.75, 3.05) is 31.3 Å². The SMILES string of the molecule is COCCC(C)(O)CNc1nc(N)nc2sc(C)cc12. The van der Waals surface area contributed by atoms with Gasteiger partial charge >= 0.3 is 0 Å². The molecular weight excluding hydrogens is 276 g/mol. The number of ether oxygens (including phenoxy) is 1. The lowest BCUT2D eigenvalue weighted by molar-refractivity contribution is 0.0357. The lowest BCUT2D eigenvalue weighted by Gasteiger charge is -2.23. The second-order valence-electron chi connectivity index (χ2n) is 5.10. The van der Waals surface area contributed by atoms with Crippen LogP contribution in [0.25, 0.3) is 10.2 Å². The Morgan fingerprint density at radius 1 is 1.50 bits per heavy atom. The number of hydrogen-bond donors (Lipinski definition) is 3. The summed E-state index contributed by atoms with van der Waals surface area (Å²) in [6, 6.07) is 2.02. The van der Waals surface area contributed by atoms with Gasteiger partial charge < -0.3 is 20.9 Å². The maximum absolute atomic E-state index is 10.2. The summed E-state index contributed by atoms with van der Waals surface area (Å²) in [6.45, 7) is 4.66. The van der Waals surface area contributed by atoms with E-state index in [4.69, 9.17) is 10.5 Å². The van der Waals surface area contributed by atoms with Crippen LogP contribution < -0.4 is 11.1 Å². The van der Waals surface area contributed by atoms with Crippen molar-refractivity contribution in [1.82, 2.24) is 9.97 Å². The van der Waals surface area contributed by atoms with Crippen molar-refractivity contribution in [3.63, 3.8) is 0 Å². The fourth-order valence-corrected chi connectivity index (χ4v) is 2.76. The van der Waals surface area contributed by atoms with E-state index < -0.39 is 5.60 Å². The van der Waals surface area contributed by atoms with Crippen LogP contribution in [0.1, 0.15) is 18.2 Å². The minimum absolute atomic E-state index is 0.235. The number of thiophene rings is 1. The van der Waals surface area contributed by atoms with E-state index >= 15 is 0 Å². The zero-order valence-corrected chi connectivity index (χ0v) is 12.8. The highest BCUT2D eigenvalue weighted by atomic mass is 32.1. The third-order valence-corrected chi connectivity index (χ3v) is 3.96. The average Bonchev–Trinajstić information content (AvgIpc) is 2.74. The van der Waals surface area contributed by atoms with Gasteiger partial charge in [0.15, 0.2) is 0 Å². The zero-order valence-electron chi connectivity index (χ0n) is 11.9. The molecule has 0 aliphatic rings. The van der Waals surface area contributed by atoms with Crippen LogP contribution in [0, 0.1) is 6.92 Å². The lowest BCUT2D eigenvalue weighted by Crippen LogP contribution is -2.35. The number of fused-ring (bicyclic) bond motifs is 1. The molecule has 2 rings (SSSR count). The number of nitrogens with zero attached hydrogens (tertiary/aromatic N) is 2. The highest BCUT2D eigenvalue weighted by Crippen LogP contribution is 2.29. The molecular formula is C13H20N4O2S. The molecule has 110 valence electrons. The molecule has 1 unspecified atom stereocenters. The van der Waals surface area contributed by atoms with Crippen LogP contribution in [0.2, 0.25) is 0 Å². The summed E-state index contributed by atoms with van der Waals surface area (Å²) >= 11 is 1.57. The first-order valence-corrected chi connectivity index (χ1v) is 7.22. The molecule has 20 heavy (non-hydrogen) atoms. The number of hydrogen-bond acceptors (Lipinski definition) is 7. The van der Waals surface area contributed by atoms with Crippen LogP contribution in [0.3, 0.4) is 0 Å². The summed E-state index contributed by atoms with van der Waals surface area (Å²) in [7, 11) is 1.62. The van der Waals surface area contributed by atoms with Crippen molar-refractivity contribution < 1.29 is 9.84 Å². The van der Waals surface area contributed by atoms with Crippen LogP contribution in [0.15, 0.2) is 6.07 Å². The Bertz CT molecular complexity index is 597. The van der Waals surface area contributed by atoms with Crippen molar-refractivity contribution >= 4 is 33.3 Å². The molecule has 0 spiro atoms. The van der Waals surface area contributed by atoms with Gasteiger partial charge in [0, 0.05) is 31.6 Å². The molecule has 2 aromatic rings. The van der Waals surface area contributed by atoms with Crippen LogP contribution in [0.4, 0.5) is 11.8 Å². The van der Waals surface area contributed by atoms with E-state index in [9.17, 15) is 5.11 Å². The molecule has 2 aromatic heterocycles. The molecule has 0 saturated heterocycles. The number of aryl methyl sites for hydroxylation is 1. The summed E-state index contributed by atoms with van der Waals surface area (Å²) in [5.74, 6) is 0.896. The minimum Gasteiger partial charge on any atom is -0.388 e. The zero-order chi connectivity index (χ0) is 14.8. The van der Waals surface area contributed by atoms with Gasteiger partial charge in [0.25, 0.3) is 0 Å². The number of anilines is 2. The predicted molar refractivity (Wildman–Crippen MR) is 82.2 cm³/mol. The molecule has 0 aromatic carbocycles. The summed E-state index contributed by atoms with van der Waals surface area (Å²) in [6.07, 6.45) is 0.545. The van der Waals surface area contributed by atoms with Gasteiger partial charge in [-0.05, 0) is 19.9 Å². The standard InChI is InChI=1S/C13H20N4O2S/c1-8-6-9-10(16-12(14)17-11(9)20-8)15-7-13(2,18)4-5-19-3/h6,18H,4-5,7H2,1-3H3,(H3,14,15,16,17). The molecule has 4 N–H and O–H groups in total. The third-order valence-electron chi connectivity index (χ3n) is 3.01. The monoisotopic (exact) mass is 296 g/mol. The van der Waals surface area contributed by atoms with Gasteiger partial charge in [0.05, 0.1) is 11.0 Å². The Labute approximate surface area is 122 Å². The minimum atomic E-state index is -0.868. The first-order valence-electron chi connectivity index (χ1n) is 6.40. The molecule has 0 saturated carbocycles. The predicted octanol–water partition coefficient (Wildman–Crippen LogP) is 1.78. The summed E-state index contributed by atoms with van der Waals surface area (Å²) in [4.78, 5) is 10.4. The Morgan fingerprint density at radius 3 is 2.95 bits per heavy atom. The summed E-state index contributed by atoms with van der Waals surface area (Å²) < 4.78 is 4.99. The summed E-state index contributed by atoms with van der Waals surface area (Å²) in [5, 5.41) is 14.3. The number of aliphatic hydroxyl groups is 1. The van der Waals surface area contributed by atoms with Gasteiger partial charge in [-0.3, -0.25) is 0 Å². The fourth-order valence-electron chi connectivity index (χ4n) is 1.88. The van der Waals surface area contributed by atoms with Gasteiger partial charge in [-0.15, -0.1) is 11.3 Å². The van der Waals surface area contributed by atoms with Gasteiger partial charge in [0.1, 0.15) is 10.6 Å². The molecule has 2 heterocycles. The maximum atomic E-state index is 10.2. The number of nitrogens with one attached hydrogen (secondary N) is 1. The van der Waals surface area contributed by atoms with Gasteiger partial charge in [-0.25, -0.2) is 4.98 Å². The Kier molecular flexibility index (Phi) is 4.42. The van der Waals surface area contributed by atoms with E-state index in [0.717, 1.165) is 15.1 Å². The Morgan fingerprint density at radius 2 is 2.25 bits per heavy atom. The van der Waals surface area contributed by atoms with Crippen molar-refractivity contribution in [1.29, 1.82) is 0 Å². The molecule has 0 fully saturated rings. The first kappa shape index (κ1) is 15.0. The highest BCUT2D eigenvalue weighted by Gasteiger charge is 2.20. The van der Waals surface area contributed by atoms with E-state index in [0.29, 0.717) is 25.4 Å². The van der Waals surface area contributed by atoms with Crippen LogP contribution >= 0.6 is 11.3 Å². The lowest BCUT2D eigenvalue weighted by atomic mass is 10.0. The van der Waals surface area contributed by atoms with Crippen molar-refractivity contribution in [2.45, 2.75) is 25.9 Å².